The Hall–Kier alpha value is -0.790. The van der Waals surface area contributed by atoms with Gasteiger partial charge in [-0.2, -0.15) is 0 Å². The summed E-state index contributed by atoms with van der Waals surface area (Å²) in [7, 11) is 1.98. The summed E-state index contributed by atoms with van der Waals surface area (Å²) in [4.78, 5) is 14.2. The standard InChI is InChI=1S/C16H27NO/c1-4-12(5-2)11-17(3)16(18)10-15-9-13-6-7-14(15)8-13/h6-7,12-15H,4-5,8-11H2,1-3H3. The average molecular weight is 249 g/mol. The fourth-order valence-electron chi connectivity index (χ4n) is 3.55. The lowest BCUT2D eigenvalue weighted by atomic mass is 9.90. The van der Waals surface area contributed by atoms with Crippen molar-refractivity contribution in [2.24, 2.45) is 23.7 Å². The number of carbonyl (C=O) groups excluding carboxylic acids is 1. The summed E-state index contributed by atoms with van der Waals surface area (Å²) in [5.41, 5.74) is 0. The number of nitrogens with zero attached hydrogens (tertiary/aromatic N) is 1. The molecular formula is C16H27NO. The molecule has 3 unspecified atom stereocenters. The summed E-state index contributed by atoms with van der Waals surface area (Å²) in [6, 6.07) is 0. The van der Waals surface area contributed by atoms with Crippen LogP contribution in [0.3, 0.4) is 0 Å². The Kier molecular flexibility index (Phi) is 4.47. The van der Waals surface area contributed by atoms with Crippen LogP contribution in [0.2, 0.25) is 0 Å². The molecule has 0 saturated heterocycles. The summed E-state index contributed by atoms with van der Waals surface area (Å²) in [5.74, 6) is 3.11. The zero-order valence-corrected chi connectivity index (χ0v) is 12.1. The number of amides is 1. The molecule has 2 heteroatoms. The molecule has 2 bridgehead atoms. The minimum Gasteiger partial charge on any atom is -0.345 e. The van der Waals surface area contributed by atoms with E-state index in [9.17, 15) is 4.79 Å². The Morgan fingerprint density at radius 2 is 2.00 bits per heavy atom. The maximum absolute atomic E-state index is 12.2. The molecule has 0 aromatic rings. The van der Waals surface area contributed by atoms with Crippen LogP contribution in [0, 0.1) is 23.7 Å². The first kappa shape index (κ1) is 13.6. The molecular weight excluding hydrogens is 222 g/mol. The van der Waals surface area contributed by atoms with Gasteiger partial charge in [0.1, 0.15) is 0 Å². The number of hydrogen-bond acceptors (Lipinski definition) is 1. The van der Waals surface area contributed by atoms with Crippen LogP contribution in [0.5, 0.6) is 0 Å². The van der Waals surface area contributed by atoms with Crippen LogP contribution in [0.25, 0.3) is 0 Å². The molecule has 102 valence electrons. The quantitative estimate of drug-likeness (QED) is 0.660. The van der Waals surface area contributed by atoms with Crippen molar-refractivity contribution in [2.45, 2.75) is 46.0 Å². The number of allylic oxidation sites excluding steroid dienone is 2. The van der Waals surface area contributed by atoms with Gasteiger partial charge in [-0.3, -0.25) is 4.79 Å². The van der Waals surface area contributed by atoms with E-state index < -0.39 is 0 Å². The largest absolute Gasteiger partial charge is 0.345 e. The van der Waals surface area contributed by atoms with E-state index in [4.69, 9.17) is 0 Å². The number of hydrogen-bond donors (Lipinski definition) is 0. The molecule has 2 nitrogen and oxygen atoms in total. The van der Waals surface area contributed by atoms with Crippen molar-refractivity contribution in [1.29, 1.82) is 0 Å². The van der Waals surface area contributed by atoms with E-state index in [-0.39, 0.29) is 0 Å². The first-order valence-electron chi connectivity index (χ1n) is 7.56. The lowest BCUT2D eigenvalue weighted by molar-refractivity contribution is -0.131. The zero-order chi connectivity index (χ0) is 13.1. The highest BCUT2D eigenvalue weighted by Gasteiger charge is 2.36. The summed E-state index contributed by atoms with van der Waals surface area (Å²) in [5, 5.41) is 0. The van der Waals surface area contributed by atoms with Crippen LogP contribution < -0.4 is 0 Å². The van der Waals surface area contributed by atoms with Gasteiger partial charge in [-0.05, 0) is 36.5 Å². The van der Waals surface area contributed by atoms with Gasteiger partial charge in [-0.25, -0.2) is 0 Å². The lowest BCUT2D eigenvalue weighted by Gasteiger charge is -2.25. The highest BCUT2D eigenvalue weighted by atomic mass is 16.2. The van der Waals surface area contributed by atoms with E-state index in [0.29, 0.717) is 23.7 Å². The average Bonchev–Trinajstić information content (AvgIpc) is 2.97. The first-order valence-corrected chi connectivity index (χ1v) is 7.56. The van der Waals surface area contributed by atoms with Gasteiger partial charge in [0, 0.05) is 20.0 Å². The lowest BCUT2D eigenvalue weighted by Crippen LogP contribution is -2.33. The molecule has 1 amide bonds. The van der Waals surface area contributed by atoms with Crippen LogP contribution in [0.15, 0.2) is 12.2 Å². The number of fused-ring (bicyclic) bond motifs is 2. The second-order valence-corrected chi connectivity index (χ2v) is 6.20. The van der Waals surface area contributed by atoms with Crippen molar-refractivity contribution in [3.05, 3.63) is 12.2 Å². The zero-order valence-electron chi connectivity index (χ0n) is 12.1. The van der Waals surface area contributed by atoms with Crippen LogP contribution in [-0.4, -0.2) is 24.4 Å². The van der Waals surface area contributed by atoms with Crippen molar-refractivity contribution in [2.75, 3.05) is 13.6 Å². The smallest absolute Gasteiger partial charge is 0.222 e. The number of carbonyl (C=O) groups is 1. The molecule has 0 heterocycles. The van der Waals surface area contributed by atoms with E-state index in [1.165, 1.54) is 25.7 Å². The number of rotatable bonds is 6. The van der Waals surface area contributed by atoms with E-state index in [2.05, 4.69) is 26.0 Å². The topological polar surface area (TPSA) is 20.3 Å². The fourth-order valence-corrected chi connectivity index (χ4v) is 3.55. The first-order chi connectivity index (χ1) is 8.63. The molecule has 0 radical (unpaired) electrons. The van der Waals surface area contributed by atoms with Crippen molar-refractivity contribution < 1.29 is 4.79 Å². The summed E-state index contributed by atoms with van der Waals surface area (Å²) >= 11 is 0. The van der Waals surface area contributed by atoms with Gasteiger partial charge in [0.05, 0.1) is 0 Å². The Balaban J connectivity index is 1.79. The van der Waals surface area contributed by atoms with Gasteiger partial charge in [0.25, 0.3) is 0 Å². The summed E-state index contributed by atoms with van der Waals surface area (Å²) in [6.45, 7) is 5.36. The monoisotopic (exact) mass is 249 g/mol. The molecule has 2 aliphatic rings. The van der Waals surface area contributed by atoms with Crippen LogP contribution in [-0.2, 0) is 4.79 Å². The van der Waals surface area contributed by atoms with Crippen molar-refractivity contribution in [1.82, 2.24) is 4.90 Å². The van der Waals surface area contributed by atoms with Gasteiger partial charge in [0.15, 0.2) is 0 Å². The van der Waals surface area contributed by atoms with Gasteiger partial charge >= 0.3 is 0 Å². The van der Waals surface area contributed by atoms with Gasteiger partial charge in [0.2, 0.25) is 5.91 Å². The third-order valence-corrected chi connectivity index (χ3v) is 4.97. The predicted octanol–water partition coefficient (Wildman–Crippen LogP) is 3.48. The second kappa shape index (κ2) is 5.90. The maximum atomic E-state index is 12.2. The third kappa shape index (κ3) is 2.96. The van der Waals surface area contributed by atoms with E-state index in [1.807, 2.05) is 11.9 Å². The Labute approximate surface area is 111 Å². The maximum Gasteiger partial charge on any atom is 0.222 e. The Morgan fingerprint density at radius 1 is 1.28 bits per heavy atom. The van der Waals surface area contributed by atoms with Crippen molar-refractivity contribution >= 4 is 5.91 Å². The van der Waals surface area contributed by atoms with Crippen LogP contribution >= 0.6 is 0 Å². The molecule has 0 aromatic heterocycles. The minimum absolute atomic E-state index is 0.354. The molecule has 1 saturated carbocycles. The van der Waals surface area contributed by atoms with E-state index in [0.717, 1.165) is 18.9 Å². The molecule has 0 spiro atoms. The van der Waals surface area contributed by atoms with Crippen molar-refractivity contribution in [3.63, 3.8) is 0 Å². The molecule has 3 atom stereocenters. The normalized spacial score (nSPS) is 29.2. The van der Waals surface area contributed by atoms with E-state index in [1.54, 1.807) is 0 Å². The third-order valence-electron chi connectivity index (χ3n) is 4.97. The highest BCUT2D eigenvalue weighted by molar-refractivity contribution is 5.76. The van der Waals surface area contributed by atoms with Gasteiger partial charge in [-0.1, -0.05) is 38.8 Å². The van der Waals surface area contributed by atoms with Crippen LogP contribution in [0.4, 0.5) is 0 Å². The molecule has 1 fully saturated rings. The molecule has 2 aliphatic carbocycles. The van der Waals surface area contributed by atoms with E-state index >= 15 is 0 Å². The molecule has 18 heavy (non-hydrogen) atoms. The summed E-state index contributed by atoms with van der Waals surface area (Å²) < 4.78 is 0. The van der Waals surface area contributed by atoms with Gasteiger partial charge < -0.3 is 4.90 Å². The minimum atomic E-state index is 0.354. The molecule has 0 aliphatic heterocycles. The Morgan fingerprint density at radius 3 is 2.50 bits per heavy atom. The van der Waals surface area contributed by atoms with Crippen molar-refractivity contribution in [3.8, 4) is 0 Å². The molecule has 2 rings (SSSR count). The van der Waals surface area contributed by atoms with Crippen LogP contribution in [0.1, 0.15) is 46.0 Å². The molecule has 0 N–H and O–H groups in total. The molecule has 0 aromatic carbocycles. The SMILES string of the molecule is CCC(CC)CN(C)C(=O)CC1CC2C=CC1C2. The fraction of sp³-hybridized carbons (Fsp3) is 0.812. The van der Waals surface area contributed by atoms with Gasteiger partial charge in [-0.15, -0.1) is 0 Å². The predicted molar refractivity (Wildman–Crippen MR) is 75.2 cm³/mol. The summed E-state index contributed by atoms with van der Waals surface area (Å²) in [6.07, 6.45) is 10.3. The Bertz CT molecular complexity index is 319. The highest BCUT2D eigenvalue weighted by Crippen LogP contribution is 2.45. The second-order valence-electron chi connectivity index (χ2n) is 6.20.